The van der Waals surface area contributed by atoms with Crippen LogP contribution in [0, 0.1) is 5.82 Å². The van der Waals surface area contributed by atoms with Crippen molar-refractivity contribution in [3.05, 3.63) is 88.4 Å². The molecule has 4 aromatic rings. The van der Waals surface area contributed by atoms with Crippen LogP contribution in [-0.2, 0) is 20.1 Å². The Balaban J connectivity index is 1.63. The normalized spacial score (nSPS) is 10.9. The Morgan fingerprint density at radius 1 is 1.21 bits per heavy atom. The number of thiophene rings is 1. The molecular weight excluding hydrogens is 377 g/mol. The number of halogens is 1. The Kier molecular flexibility index (Phi) is 5.08. The third-order valence-electron chi connectivity index (χ3n) is 4.41. The number of amides is 1. The zero-order valence-electron chi connectivity index (χ0n) is 15.2. The Morgan fingerprint density at radius 2 is 2.04 bits per heavy atom. The van der Waals surface area contributed by atoms with Gasteiger partial charge in [-0.1, -0.05) is 0 Å². The fourth-order valence-corrected chi connectivity index (χ4v) is 3.64. The molecule has 1 aromatic carbocycles. The molecule has 5 nitrogen and oxygen atoms in total. The number of hydrogen-bond acceptors (Lipinski definition) is 4. The Hall–Kier alpha value is -3.19. The molecule has 0 radical (unpaired) electrons. The van der Waals surface area contributed by atoms with Crippen molar-refractivity contribution >= 4 is 17.2 Å². The number of hydrogen-bond donors (Lipinski definition) is 0. The molecule has 3 heterocycles. The van der Waals surface area contributed by atoms with Crippen LogP contribution in [0.25, 0.3) is 11.3 Å². The van der Waals surface area contributed by atoms with E-state index in [1.807, 2.05) is 22.9 Å². The first-order valence-electron chi connectivity index (χ1n) is 8.73. The average molecular weight is 395 g/mol. The molecule has 4 rings (SSSR count). The number of rotatable bonds is 6. The van der Waals surface area contributed by atoms with Crippen molar-refractivity contribution in [1.82, 2.24) is 14.7 Å². The molecule has 3 aromatic heterocycles. The minimum atomic E-state index is -0.309. The van der Waals surface area contributed by atoms with Crippen molar-refractivity contribution in [2.75, 3.05) is 0 Å². The van der Waals surface area contributed by atoms with Gasteiger partial charge >= 0.3 is 0 Å². The summed E-state index contributed by atoms with van der Waals surface area (Å²) in [7, 11) is 1.73. The Bertz CT molecular complexity index is 1020. The van der Waals surface area contributed by atoms with Gasteiger partial charge in [0.05, 0.1) is 18.5 Å². The molecule has 28 heavy (non-hydrogen) atoms. The predicted octanol–water partition coefficient (Wildman–Crippen LogP) is 4.72. The van der Waals surface area contributed by atoms with Crippen molar-refractivity contribution in [3.8, 4) is 11.3 Å². The minimum Gasteiger partial charge on any atom is -0.467 e. The maximum atomic E-state index is 13.3. The molecule has 0 fully saturated rings. The highest BCUT2D eigenvalue weighted by atomic mass is 32.1. The summed E-state index contributed by atoms with van der Waals surface area (Å²) in [5.41, 5.74) is 2.90. The van der Waals surface area contributed by atoms with Gasteiger partial charge in [-0.05, 0) is 64.9 Å². The van der Waals surface area contributed by atoms with Crippen molar-refractivity contribution in [2.24, 2.45) is 7.05 Å². The van der Waals surface area contributed by atoms with E-state index in [4.69, 9.17) is 4.42 Å². The van der Waals surface area contributed by atoms with E-state index in [2.05, 4.69) is 5.10 Å². The van der Waals surface area contributed by atoms with Gasteiger partial charge in [-0.3, -0.25) is 9.48 Å². The minimum absolute atomic E-state index is 0.147. The van der Waals surface area contributed by atoms with Gasteiger partial charge in [0.2, 0.25) is 0 Å². The van der Waals surface area contributed by atoms with Crippen molar-refractivity contribution in [2.45, 2.75) is 13.1 Å². The van der Waals surface area contributed by atoms with E-state index in [0.29, 0.717) is 30.2 Å². The van der Waals surface area contributed by atoms with Gasteiger partial charge in [0, 0.05) is 19.2 Å². The van der Waals surface area contributed by atoms with E-state index in [-0.39, 0.29) is 11.7 Å². The molecule has 0 bridgehead atoms. The number of aryl methyl sites for hydroxylation is 1. The monoisotopic (exact) mass is 395 g/mol. The Labute approximate surface area is 165 Å². The lowest BCUT2D eigenvalue weighted by Gasteiger charge is -2.21. The molecule has 0 aliphatic rings. The fourth-order valence-electron chi connectivity index (χ4n) is 2.98. The van der Waals surface area contributed by atoms with E-state index in [0.717, 1.165) is 11.1 Å². The van der Waals surface area contributed by atoms with Crippen LogP contribution in [0.4, 0.5) is 4.39 Å². The topological polar surface area (TPSA) is 51.3 Å². The standard InChI is InChI=1S/C21H18FN3O2S/c1-24-20(11-19(23-24)16-4-6-17(22)7-5-16)21(26)25(12-15-8-10-28-14-15)13-18-3-2-9-27-18/h2-11,14H,12-13H2,1H3. The second-order valence-corrected chi connectivity index (χ2v) is 7.20. The maximum absolute atomic E-state index is 13.3. The first-order valence-corrected chi connectivity index (χ1v) is 9.67. The predicted molar refractivity (Wildman–Crippen MR) is 105 cm³/mol. The molecule has 0 aliphatic heterocycles. The summed E-state index contributed by atoms with van der Waals surface area (Å²) >= 11 is 1.59. The van der Waals surface area contributed by atoms with Gasteiger partial charge in [0.15, 0.2) is 0 Å². The molecule has 0 saturated heterocycles. The van der Waals surface area contributed by atoms with Crippen LogP contribution in [0.1, 0.15) is 21.8 Å². The number of nitrogens with zero attached hydrogens (tertiary/aromatic N) is 3. The molecule has 0 spiro atoms. The van der Waals surface area contributed by atoms with Crippen LogP contribution >= 0.6 is 11.3 Å². The summed E-state index contributed by atoms with van der Waals surface area (Å²) in [5, 5.41) is 8.44. The first kappa shape index (κ1) is 18.2. The van der Waals surface area contributed by atoms with Gasteiger partial charge in [-0.25, -0.2) is 4.39 Å². The summed E-state index contributed by atoms with van der Waals surface area (Å²) in [6.07, 6.45) is 1.60. The van der Waals surface area contributed by atoms with E-state index in [9.17, 15) is 9.18 Å². The van der Waals surface area contributed by atoms with Crippen LogP contribution in [0.15, 0.2) is 70.0 Å². The third-order valence-corrected chi connectivity index (χ3v) is 5.14. The fraction of sp³-hybridized carbons (Fsp3) is 0.143. The van der Waals surface area contributed by atoms with Crippen LogP contribution in [-0.4, -0.2) is 20.6 Å². The van der Waals surface area contributed by atoms with Crippen LogP contribution in [0.3, 0.4) is 0 Å². The summed E-state index contributed by atoms with van der Waals surface area (Å²) in [4.78, 5) is 15.0. The second-order valence-electron chi connectivity index (χ2n) is 6.42. The van der Waals surface area contributed by atoms with Crippen molar-refractivity contribution in [1.29, 1.82) is 0 Å². The summed E-state index contributed by atoms with van der Waals surface area (Å²) in [6.45, 7) is 0.832. The lowest BCUT2D eigenvalue weighted by molar-refractivity contribution is 0.0706. The zero-order chi connectivity index (χ0) is 19.5. The Morgan fingerprint density at radius 3 is 2.71 bits per heavy atom. The number of furan rings is 1. The van der Waals surface area contributed by atoms with Crippen LogP contribution in [0.5, 0.6) is 0 Å². The zero-order valence-corrected chi connectivity index (χ0v) is 16.0. The van der Waals surface area contributed by atoms with E-state index in [1.165, 1.54) is 12.1 Å². The number of carbonyl (C=O) groups excluding carboxylic acids is 1. The van der Waals surface area contributed by atoms with Crippen molar-refractivity contribution in [3.63, 3.8) is 0 Å². The van der Waals surface area contributed by atoms with Gasteiger partial charge in [0.25, 0.3) is 5.91 Å². The molecule has 0 aliphatic carbocycles. The maximum Gasteiger partial charge on any atom is 0.272 e. The highest BCUT2D eigenvalue weighted by Crippen LogP contribution is 2.22. The second kappa shape index (κ2) is 7.82. The largest absolute Gasteiger partial charge is 0.467 e. The van der Waals surface area contributed by atoms with Gasteiger partial charge < -0.3 is 9.32 Å². The number of aromatic nitrogens is 2. The summed E-state index contributed by atoms with van der Waals surface area (Å²) < 4.78 is 20.2. The van der Waals surface area contributed by atoms with E-state index < -0.39 is 0 Å². The lowest BCUT2D eigenvalue weighted by Crippen LogP contribution is -2.31. The van der Waals surface area contributed by atoms with Gasteiger partial charge in [-0.2, -0.15) is 16.4 Å². The van der Waals surface area contributed by atoms with Crippen molar-refractivity contribution < 1.29 is 13.6 Å². The molecular formula is C21H18FN3O2S. The van der Waals surface area contributed by atoms with Crippen LogP contribution in [0.2, 0.25) is 0 Å². The molecule has 7 heteroatoms. The third kappa shape index (κ3) is 3.89. The molecule has 0 atom stereocenters. The van der Waals surface area contributed by atoms with Gasteiger partial charge in [-0.15, -0.1) is 0 Å². The van der Waals surface area contributed by atoms with E-state index >= 15 is 0 Å². The molecule has 0 unspecified atom stereocenters. The number of carbonyl (C=O) groups is 1. The van der Waals surface area contributed by atoms with Gasteiger partial charge in [0.1, 0.15) is 17.3 Å². The average Bonchev–Trinajstić information content (AvgIpc) is 3.44. The SMILES string of the molecule is Cn1nc(-c2ccc(F)cc2)cc1C(=O)N(Cc1ccsc1)Cc1ccco1. The first-order chi connectivity index (χ1) is 13.6. The van der Waals surface area contributed by atoms with Crippen LogP contribution < -0.4 is 0 Å². The highest BCUT2D eigenvalue weighted by Gasteiger charge is 2.22. The quantitative estimate of drug-likeness (QED) is 0.475. The summed E-state index contributed by atoms with van der Waals surface area (Å²) in [5.74, 6) is 0.256. The molecule has 0 N–H and O–H groups in total. The smallest absolute Gasteiger partial charge is 0.272 e. The molecule has 0 saturated carbocycles. The van der Waals surface area contributed by atoms with E-state index in [1.54, 1.807) is 58.5 Å². The highest BCUT2D eigenvalue weighted by molar-refractivity contribution is 7.07. The lowest BCUT2D eigenvalue weighted by atomic mass is 10.1. The number of benzene rings is 1. The molecule has 142 valence electrons. The summed E-state index contributed by atoms with van der Waals surface area (Å²) in [6, 6.07) is 13.4. The molecule has 1 amide bonds.